The van der Waals surface area contributed by atoms with Gasteiger partial charge in [-0.05, 0) is 36.8 Å². The van der Waals surface area contributed by atoms with E-state index in [1.54, 1.807) is 6.07 Å². The van der Waals surface area contributed by atoms with Gasteiger partial charge in [-0.25, -0.2) is 4.79 Å². The molecule has 0 N–H and O–H groups in total. The second-order valence-corrected chi connectivity index (χ2v) is 5.63. The number of nitrogens with zero attached hydrogens (tertiary/aromatic N) is 3. The Morgan fingerprint density at radius 1 is 1.16 bits per heavy atom. The van der Waals surface area contributed by atoms with Crippen molar-refractivity contribution in [3.05, 3.63) is 76.4 Å². The van der Waals surface area contributed by atoms with Crippen LogP contribution in [0.15, 0.2) is 62.3 Å². The molecule has 0 radical (unpaired) electrons. The van der Waals surface area contributed by atoms with Gasteiger partial charge in [-0.15, -0.1) is 0 Å². The van der Waals surface area contributed by atoms with Gasteiger partial charge in [-0.2, -0.15) is 4.98 Å². The molecule has 0 saturated carbocycles. The minimum atomic E-state index is -0.455. The Bertz CT molecular complexity index is 1080. The molecular formula is C18H15N3O4. The van der Waals surface area contributed by atoms with Crippen LogP contribution >= 0.6 is 0 Å². The Labute approximate surface area is 142 Å². The summed E-state index contributed by atoms with van der Waals surface area (Å²) in [6, 6.07) is 14.9. The van der Waals surface area contributed by atoms with Crippen molar-refractivity contribution in [2.24, 2.45) is 0 Å². The van der Waals surface area contributed by atoms with Gasteiger partial charge in [0, 0.05) is 0 Å². The van der Waals surface area contributed by atoms with E-state index in [1.807, 2.05) is 49.4 Å². The Kier molecular flexibility index (Phi) is 3.81. The molecule has 126 valence electrons. The van der Waals surface area contributed by atoms with E-state index in [-0.39, 0.29) is 13.2 Å². The van der Waals surface area contributed by atoms with Crippen LogP contribution in [0.2, 0.25) is 0 Å². The smallest absolute Gasteiger partial charge is 0.420 e. The van der Waals surface area contributed by atoms with Crippen LogP contribution in [0.1, 0.15) is 17.3 Å². The number of benzene rings is 2. The lowest BCUT2D eigenvalue weighted by Gasteiger charge is -2.03. The fourth-order valence-corrected chi connectivity index (χ4v) is 2.57. The highest BCUT2D eigenvalue weighted by atomic mass is 16.5. The lowest BCUT2D eigenvalue weighted by Crippen LogP contribution is -2.15. The van der Waals surface area contributed by atoms with Gasteiger partial charge in [-0.3, -0.25) is 4.57 Å². The van der Waals surface area contributed by atoms with E-state index in [0.717, 1.165) is 11.3 Å². The van der Waals surface area contributed by atoms with Crippen LogP contribution in [-0.4, -0.2) is 14.7 Å². The molecule has 0 amide bonds. The predicted octanol–water partition coefficient (Wildman–Crippen LogP) is 2.91. The van der Waals surface area contributed by atoms with Gasteiger partial charge < -0.3 is 13.7 Å². The molecule has 0 bridgehead atoms. The Balaban J connectivity index is 1.49. The average Bonchev–Trinajstić information content (AvgIpc) is 3.18. The largest absolute Gasteiger partial charge is 0.484 e. The first-order chi connectivity index (χ1) is 12.2. The van der Waals surface area contributed by atoms with E-state index in [4.69, 9.17) is 13.7 Å². The molecular weight excluding hydrogens is 322 g/mol. The maximum absolute atomic E-state index is 12.0. The number of hydrogen-bond acceptors (Lipinski definition) is 6. The fraction of sp³-hybridized carbons (Fsp3) is 0.167. The van der Waals surface area contributed by atoms with Crippen LogP contribution < -0.4 is 10.5 Å². The molecule has 0 spiro atoms. The van der Waals surface area contributed by atoms with E-state index in [0.29, 0.717) is 22.8 Å². The zero-order chi connectivity index (χ0) is 17.2. The van der Waals surface area contributed by atoms with Crippen LogP contribution in [-0.2, 0) is 13.2 Å². The molecule has 2 aromatic heterocycles. The number of ether oxygens (including phenoxy) is 1. The molecule has 0 aliphatic heterocycles. The number of aryl methyl sites for hydroxylation is 1. The standard InChI is InChI=1S/C18H15N3O4/c1-12-5-4-6-13(9-12)23-11-17-19-16(20-25-17)10-21-14-7-2-3-8-15(14)24-18(21)22/h2-9H,10-11H2,1H3. The molecule has 2 aromatic carbocycles. The quantitative estimate of drug-likeness (QED) is 0.557. The molecule has 25 heavy (non-hydrogen) atoms. The third-order valence-corrected chi connectivity index (χ3v) is 3.74. The van der Waals surface area contributed by atoms with Gasteiger partial charge in [0.25, 0.3) is 5.89 Å². The SMILES string of the molecule is Cc1cccc(OCc2nc(Cn3c(=O)oc4ccccc43)no2)c1. The first kappa shape index (κ1) is 15.2. The number of para-hydroxylation sites is 2. The van der Waals surface area contributed by atoms with Gasteiger partial charge in [-0.1, -0.05) is 29.4 Å². The average molecular weight is 337 g/mol. The second-order valence-electron chi connectivity index (χ2n) is 5.63. The highest BCUT2D eigenvalue weighted by Crippen LogP contribution is 2.15. The van der Waals surface area contributed by atoms with Crippen molar-refractivity contribution in [3.63, 3.8) is 0 Å². The summed E-state index contributed by atoms with van der Waals surface area (Å²) >= 11 is 0. The number of fused-ring (bicyclic) bond motifs is 1. The van der Waals surface area contributed by atoms with E-state index in [2.05, 4.69) is 10.1 Å². The van der Waals surface area contributed by atoms with E-state index in [9.17, 15) is 4.79 Å². The minimum Gasteiger partial charge on any atom is -0.484 e. The van der Waals surface area contributed by atoms with Crippen molar-refractivity contribution in [3.8, 4) is 5.75 Å². The molecule has 7 heteroatoms. The maximum Gasteiger partial charge on any atom is 0.420 e. The summed E-state index contributed by atoms with van der Waals surface area (Å²) < 4.78 is 17.5. The lowest BCUT2D eigenvalue weighted by atomic mass is 10.2. The first-order valence-electron chi connectivity index (χ1n) is 7.78. The highest BCUT2D eigenvalue weighted by molar-refractivity contribution is 5.72. The summed E-state index contributed by atoms with van der Waals surface area (Å²) in [5.41, 5.74) is 2.32. The van der Waals surface area contributed by atoms with E-state index >= 15 is 0 Å². The summed E-state index contributed by atoms with van der Waals surface area (Å²) in [5.74, 6) is 1.01. The Hall–Kier alpha value is -3.35. The van der Waals surface area contributed by atoms with Crippen molar-refractivity contribution >= 4 is 11.1 Å². The molecule has 0 unspecified atom stereocenters. The summed E-state index contributed by atoms with van der Waals surface area (Å²) in [7, 11) is 0. The summed E-state index contributed by atoms with van der Waals surface area (Å²) in [5, 5.41) is 3.90. The lowest BCUT2D eigenvalue weighted by molar-refractivity contribution is 0.242. The zero-order valence-electron chi connectivity index (χ0n) is 13.5. The number of oxazole rings is 1. The third kappa shape index (κ3) is 3.16. The monoisotopic (exact) mass is 337 g/mol. The zero-order valence-corrected chi connectivity index (χ0v) is 13.5. The van der Waals surface area contributed by atoms with Gasteiger partial charge >= 0.3 is 5.76 Å². The van der Waals surface area contributed by atoms with Crippen LogP contribution in [0.4, 0.5) is 0 Å². The third-order valence-electron chi connectivity index (χ3n) is 3.74. The van der Waals surface area contributed by atoms with Crippen molar-refractivity contribution < 1.29 is 13.7 Å². The highest BCUT2D eigenvalue weighted by Gasteiger charge is 2.13. The summed E-state index contributed by atoms with van der Waals surface area (Å²) in [6.07, 6.45) is 0. The maximum atomic E-state index is 12.0. The second kappa shape index (κ2) is 6.27. The first-order valence-corrected chi connectivity index (χ1v) is 7.78. The fourth-order valence-electron chi connectivity index (χ4n) is 2.57. The van der Waals surface area contributed by atoms with Crippen LogP contribution in [0.3, 0.4) is 0 Å². The van der Waals surface area contributed by atoms with Crippen LogP contribution in [0.5, 0.6) is 5.75 Å². The predicted molar refractivity (Wildman–Crippen MR) is 89.4 cm³/mol. The van der Waals surface area contributed by atoms with Gasteiger partial charge in [0.1, 0.15) is 5.75 Å². The minimum absolute atomic E-state index is 0.164. The van der Waals surface area contributed by atoms with Crippen LogP contribution in [0.25, 0.3) is 11.1 Å². The van der Waals surface area contributed by atoms with Crippen molar-refractivity contribution in [1.29, 1.82) is 0 Å². The molecule has 0 aliphatic rings. The van der Waals surface area contributed by atoms with Crippen molar-refractivity contribution in [2.75, 3.05) is 0 Å². The van der Waals surface area contributed by atoms with E-state index in [1.165, 1.54) is 4.57 Å². The molecule has 0 atom stereocenters. The molecule has 4 aromatic rings. The molecule has 0 fully saturated rings. The molecule has 2 heterocycles. The topological polar surface area (TPSA) is 83.3 Å². The van der Waals surface area contributed by atoms with Crippen molar-refractivity contribution in [1.82, 2.24) is 14.7 Å². The molecule has 0 aliphatic carbocycles. The Morgan fingerprint density at radius 2 is 2.04 bits per heavy atom. The van der Waals surface area contributed by atoms with E-state index < -0.39 is 5.76 Å². The molecule has 7 nitrogen and oxygen atoms in total. The van der Waals surface area contributed by atoms with Gasteiger partial charge in [0.05, 0.1) is 12.1 Å². The number of rotatable bonds is 5. The summed E-state index contributed by atoms with van der Waals surface area (Å²) in [4.78, 5) is 16.2. The van der Waals surface area contributed by atoms with Gasteiger partial charge in [0.15, 0.2) is 18.0 Å². The van der Waals surface area contributed by atoms with Crippen molar-refractivity contribution in [2.45, 2.75) is 20.1 Å². The van der Waals surface area contributed by atoms with Crippen LogP contribution in [0, 0.1) is 6.92 Å². The van der Waals surface area contributed by atoms with Gasteiger partial charge in [0.2, 0.25) is 0 Å². The number of hydrogen-bond donors (Lipinski definition) is 0. The molecule has 0 saturated heterocycles. The Morgan fingerprint density at radius 3 is 2.92 bits per heavy atom. The summed E-state index contributed by atoms with van der Waals surface area (Å²) in [6.45, 7) is 2.33. The molecule has 4 rings (SSSR count). The number of aromatic nitrogens is 3. The normalized spacial score (nSPS) is 11.1.